The summed E-state index contributed by atoms with van der Waals surface area (Å²) in [4.78, 5) is 5.22. The molecule has 0 aliphatic heterocycles. The molecule has 0 radical (unpaired) electrons. The van der Waals surface area contributed by atoms with Gasteiger partial charge in [0.05, 0.1) is 11.2 Å². The summed E-state index contributed by atoms with van der Waals surface area (Å²) in [7, 11) is 0. The Bertz CT molecular complexity index is 410. The van der Waals surface area contributed by atoms with Crippen molar-refractivity contribution in [2.45, 2.75) is 16.2 Å². The Morgan fingerprint density at radius 3 is 3.00 bits per heavy atom. The standard InChI is InChI=1S/C8H6ClNOS2/c1-5-6(2-3-11-5)13-8-10-7(9)4-12-8/h2-4H,1H3. The Kier molecular flexibility index (Phi) is 2.62. The fourth-order valence-electron chi connectivity index (χ4n) is 0.859. The fourth-order valence-corrected chi connectivity index (χ4v) is 2.83. The summed E-state index contributed by atoms with van der Waals surface area (Å²) < 4.78 is 6.11. The molecule has 0 N–H and O–H groups in total. The third kappa shape index (κ3) is 2.07. The van der Waals surface area contributed by atoms with Crippen LogP contribution in [0.5, 0.6) is 0 Å². The van der Waals surface area contributed by atoms with E-state index in [-0.39, 0.29) is 0 Å². The van der Waals surface area contributed by atoms with E-state index in [1.165, 1.54) is 11.3 Å². The highest BCUT2D eigenvalue weighted by molar-refractivity contribution is 8.01. The van der Waals surface area contributed by atoms with Crippen LogP contribution in [0.25, 0.3) is 0 Å². The molecule has 68 valence electrons. The van der Waals surface area contributed by atoms with Crippen LogP contribution >= 0.6 is 34.7 Å². The lowest BCUT2D eigenvalue weighted by atomic mass is 10.5. The van der Waals surface area contributed by atoms with Crippen LogP contribution in [0.1, 0.15) is 5.76 Å². The van der Waals surface area contributed by atoms with Gasteiger partial charge in [-0.05, 0) is 13.0 Å². The van der Waals surface area contributed by atoms with Crippen LogP contribution in [0.4, 0.5) is 0 Å². The van der Waals surface area contributed by atoms with Gasteiger partial charge in [-0.15, -0.1) is 11.3 Å². The van der Waals surface area contributed by atoms with Crippen molar-refractivity contribution in [1.82, 2.24) is 4.98 Å². The van der Waals surface area contributed by atoms with E-state index in [4.69, 9.17) is 16.0 Å². The quantitative estimate of drug-likeness (QED) is 0.785. The van der Waals surface area contributed by atoms with Crippen molar-refractivity contribution in [3.63, 3.8) is 0 Å². The molecule has 0 fully saturated rings. The van der Waals surface area contributed by atoms with E-state index in [9.17, 15) is 0 Å². The first-order valence-corrected chi connectivity index (χ1v) is 5.66. The molecule has 0 amide bonds. The first-order chi connectivity index (χ1) is 6.25. The van der Waals surface area contributed by atoms with Gasteiger partial charge in [0.2, 0.25) is 0 Å². The van der Waals surface area contributed by atoms with Crippen molar-refractivity contribution >= 4 is 34.7 Å². The Morgan fingerprint density at radius 1 is 1.62 bits per heavy atom. The molecule has 0 spiro atoms. The predicted molar refractivity (Wildman–Crippen MR) is 54.7 cm³/mol. The molecule has 13 heavy (non-hydrogen) atoms. The lowest BCUT2D eigenvalue weighted by Gasteiger charge is -1.92. The van der Waals surface area contributed by atoms with Gasteiger partial charge in [-0.25, -0.2) is 4.98 Å². The highest BCUT2D eigenvalue weighted by Gasteiger charge is 2.06. The minimum Gasteiger partial charge on any atom is -0.468 e. The highest BCUT2D eigenvalue weighted by Crippen LogP contribution is 2.33. The van der Waals surface area contributed by atoms with Gasteiger partial charge in [0, 0.05) is 5.38 Å². The van der Waals surface area contributed by atoms with Crippen LogP contribution in [-0.4, -0.2) is 4.98 Å². The summed E-state index contributed by atoms with van der Waals surface area (Å²) in [5.74, 6) is 0.913. The Morgan fingerprint density at radius 2 is 2.46 bits per heavy atom. The summed E-state index contributed by atoms with van der Waals surface area (Å²) in [6.45, 7) is 1.93. The molecule has 0 aliphatic carbocycles. The Balaban J connectivity index is 2.19. The number of nitrogens with zero attached hydrogens (tertiary/aromatic N) is 1. The molecule has 0 bridgehead atoms. The summed E-state index contributed by atoms with van der Waals surface area (Å²) in [5.41, 5.74) is 0. The number of hydrogen-bond acceptors (Lipinski definition) is 4. The first-order valence-electron chi connectivity index (χ1n) is 3.58. The second kappa shape index (κ2) is 3.74. The Labute approximate surface area is 88.9 Å². The number of aromatic nitrogens is 1. The Hall–Kier alpha value is -0.450. The molecule has 0 saturated carbocycles. The van der Waals surface area contributed by atoms with E-state index in [0.29, 0.717) is 5.15 Å². The fraction of sp³-hybridized carbons (Fsp3) is 0.125. The minimum absolute atomic E-state index is 0.550. The number of halogens is 1. The molecule has 2 aromatic rings. The van der Waals surface area contributed by atoms with Gasteiger partial charge in [0.25, 0.3) is 0 Å². The summed E-state index contributed by atoms with van der Waals surface area (Å²) >= 11 is 8.81. The highest BCUT2D eigenvalue weighted by atomic mass is 35.5. The summed E-state index contributed by atoms with van der Waals surface area (Å²) in [6, 6.07) is 1.93. The summed E-state index contributed by atoms with van der Waals surface area (Å²) in [6.07, 6.45) is 1.67. The van der Waals surface area contributed by atoms with Gasteiger partial charge < -0.3 is 4.42 Å². The normalized spacial score (nSPS) is 10.6. The number of rotatable bonds is 2. The molecule has 0 aromatic carbocycles. The summed E-state index contributed by atoms with van der Waals surface area (Å²) in [5, 5.41) is 2.37. The maximum Gasteiger partial charge on any atom is 0.156 e. The van der Waals surface area contributed by atoms with Crippen molar-refractivity contribution in [1.29, 1.82) is 0 Å². The number of aryl methyl sites for hydroxylation is 1. The van der Waals surface area contributed by atoms with Gasteiger partial charge in [0.1, 0.15) is 10.9 Å². The van der Waals surface area contributed by atoms with Crippen LogP contribution in [-0.2, 0) is 0 Å². The smallest absolute Gasteiger partial charge is 0.156 e. The van der Waals surface area contributed by atoms with Gasteiger partial charge in [0.15, 0.2) is 4.34 Å². The maximum absolute atomic E-state index is 5.70. The van der Waals surface area contributed by atoms with E-state index in [0.717, 1.165) is 15.0 Å². The lowest BCUT2D eigenvalue weighted by molar-refractivity contribution is 0.527. The minimum atomic E-state index is 0.550. The largest absolute Gasteiger partial charge is 0.468 e. The molecule has 0 atom stereocenters. The van der Waals surface area contributed by atoms with Gasteiger partial charge in [-0.3, -0.25) is 0 Å². The number of thiazole rings is 1. The molecular weight excluding hydrogens is 226 g/mol. The van der Waals surface area contributed by atoms with Crippen molar-refractivity contribution in [2.75, 3.05) is 0 Å². The molecule has 5 heteroatoms. The topological polar surface area (TPSA) is 26.0 Å². The van der Waals surface area contributed by atoms with Crippen molar-refractivity contribution in [3.8, 4) is 0 Å². The zero-order chi connectivity index (χ0) is 9.26. The van der Waals surface area contributed by atoms with Crippen molar-refractivity contribution < 1.29 is 4.42 Å². The predicted octanol–water partition coefficient (Wildman–Crippen LogP) is 3.85. The lowest BCUT2D eigenvalue weighted by Crippen LogP contribution is -1.70. The molecule has 2 nitrogen and oxygen atoms in total. The van der Waals surface area contributed by atoms with Crippen molar-refractivity contribution in [2.24, 2.45) is 0 Å². The van der Waals surface area contributed by atoms with E-state index < -0.39 is 0 Å². The van der Waals surface area contributed by atoms with Gasteiger partial charge in [-0.2, -0.15) is 0 Å². The van der Waals surface area contributed by atoms with E-state index in [1.54, 1.807) is 18.0 Å². The molecule has 2 rings (SSSR count). The SMILES string of the molecule is Cc1occc1Sc1nc(Cl)cs1. The number of hydrogen-bond donors (Lipinski definition) is 0. The zero-order valence-corrected chi connectivity index (χ0v) is 9.17. The van der Waals surface area contributed by atoms with Crippen LogP contribution in [0.2, 0.25) is 5.15 Å². The van der Waals surface area contributed by atoms with Crippen molar-refractivity contribution in [3.05, 3.63) is 28.6 Å². The average Bonchev–Trinajstić information content (AvgIpc) is 2.64. The van der Waals surface area contributed by atoms with Gasteiger partial charge in [-0.1, -0.05) is 23.4 Å². The van der Waals surface area contributed by atoms with Crippen LogP contribution in [0.15, 0.2) is 31.4 Å². The van der Waals surface area contributed by atoms with Gasteiger partial charge >= 0.3 is 0 Å². The van der Waals surface area contributed by atoms with E-state index in [1.807, 2.05) is 18.4 Å². The van der Waals surface area contributed by atoms with Crippen LogP contribution in [0.3, 0.4) is 0 Å². The second-order valence-electron chi connectivity index (χ2n) is 2.38. The van der Waals surface area contributed by atoms with E-state index >= 15 is 0 Å². The van der Waals surface area contributed by atoms with Crippen LogP contribution in [0, 0.1) is 6.92 Å². The maximum atomic E-state index is 5.70. The number of furan rings is 1. The third-order valence-electron chi connectivity index (χ3n) is 1.46. The molecule has 0 aliphatic rings. The molecule has 2 aromatic heterocycles. The average molecular weight is 232 g/mol. The molecular formula is C8H6ClNOS2. The second-order valence-corrected chi connectivity index (χ2v) is 4.91. The monoisotopic (exact) mass is 231 g/mol. The third-order valence-corrected chi connectivity index (χ3v) is 3.87. The molecule has 2 heterocycles. The van der Waals surface area contributed by atoms with Crippen LogP contribution < -0.4 is 0 Å². The first kappa shape index (κ1) is 9.12. The van der Waals surface area contributed by atoms with E-state index in [2.05, 4.69) is 4.98 Å². The molecule has 0 unspecified atom stereocenters. The molecule has 0 saturated heterocycles. The zero-order valence-electron chi connectivity index (χ0n) is 6.78.